The average molecular weight is 291 g/mol. The van der Waals surface area contributed by atoms with Crippen LogP contribution in [-0.4, -0.2) is 35.6 Å². The standard InChI is InChI=1S/C16H25N3O2/c1-3-10-19(11-15(20)21-4-2)16-13-8-6-5-7-9-14(13)17-12-18-16/h12H,3-11H2,1-2H3. The Morgan fingerprint density at radius 1 is 1.24 bits per heavy atom. The maximum atomic E-state index is 11.8. The Labute approximate surface area is 126 Å². The number of ether oxygens (including phenoxy) is 1. The Kier molecular flexibility index (Phi) is 5.96. The van der Waals surface area contributed by atoms with Crippen LogP contribution >= 0.6 is 0 Å². The highest BCUT2D eigenvalue weighted by Crippen LogP contribution is 2.26. The van der Waals surface area contributed by atoms with Crippen molar-refractivity contribution < 1.29 is 9.53 Å². The van der Waals surface area contributed by atoms with Gasteiger partial charge in [-0.25, -0.2) is 9.97 Å². The summed E-state index contributed by atoms with van der Waals surface area (Å²) in [7, 11) is 0. The molecule has 1 aromatic heterocycles. The molecule has 116 valence electrons. The lowest BCUT2D eigenvalue weighted by Crippen LogP contribution is -2.33. The molecule has 1 aromatic rings. The van der Waals surface area contributed by atoms with Crippen LogP contribution in [0.5, 0.6) is 0 Å². The number of hydrogen-bond acceptors (Lipinski definition) is 5. The summed E-state index contributed by atoms with van der Waals surface area (Å²) in [5, 5.41) is 0. The first kappa shape index (κ1) is 15.7. The molecule has 0 radical (unpaired) electrons. The molecule has 0 saturated carbocycles. The van der Waals surface area contributed by atoms with Crippen molar-refractivity contribution in [3.8, 4) is 0 Å². The second-order valence-corrected chi connectivity index (χ2v) is 5.41. The van der Waals surface area contributed by atoms with Crippen molar-refractivity contribution >= 4 is 11.8 Å². The highest BCUT2D eigenvalue weighted by molar-refractivity contribution is 5.75. The van der Waals surface area contributed by atoms with Crippen LogP contribution < -0.4 is 4.90 Å². The Bertz CT molecular complexity index is 477. The molecule has 21 heavy (non-hydrogen) atoms. The summed E-state index contributed by atoms with van der Waals surface area (Å²) in [5.74, 6) is 0.740. The molecule has 2 rings (SSSR count). The maximum absolute atomic E-state index is 11.8. The zero-order valence-electron chi connectivity index (χ0n) is 13.1. The van der Waals surface area contributed by atoms with Gasteiger partial charge in [0.25, 0.3) is 0 Å². The van der Waals surface area contributed by atoms with Gasteiger partial charge in [-0.05, 0) is 39.0 Å². The summed E-state index contributed by atoms with van der Waals surface area (Å²) >= 11 is 0. The lowest BCUT2D eigenvalue weighted by atomic mass is 10.1. The third-order valence-electron chi connectivity index (χ3n) is 3.77. The van der Waals surface area contributed by atoms with Crippen molar-refractivity contribution in [1.29, 1.82) is 0 Å². The quantitative estimate of drug-likeness (QED) is 0.595. The van der Waals surface area contributed by atoms with Gasteiger partial charge in [0.15, 0.2) is 0 Å². The molecular weight excluding hydrogens is 266 g/mol. The van der Waals surface area contributed by atoms with Crippen molar-refractivity contribution in [2.75, 3.05) is 24.6 Å². The summed E-state index contributed by atoms with van der Waals surface area (Å²) in [5.41, 5.74) is 2.38. The molecule has 0 aromatic carbocycles. The fraction of sp³-hybridized carbons (Fsp3) is 0.688. The number of hydrogen-bond donors (Lipinski definition) is 0. The molecule has 0 unspecified atom stereocenters. The van der Waals surface area contributed by atoms with Gasteiger partial charge in [-0.15, -0.1) is 0 Å². The van der Waals surface area contributed by atoms with Crippen LogP contribution in [0.3, 0.4) is 0 Å². The van der Waals surface area contributed by atoms with E-state index < -0.39 is 0 Å². The molecule has 0 fully saturated rings. The lowest BCUT2D eigenvalue weighted by molar-refractivity contribution is -0.141. The van der Waals surface area contributed by atoms with E-state index >= 15 is 0 Å². The number of esters is 1. The zero-order valence-corrected chi connectivity index (χ0v) is 13.1. The monoisotopic (exact) mass is 291 g/mol. The molecule has 1 aliphatic carbocycles. The second-order valence-electron chi connectivity index (χ2n) is 5.41. The van der Waals surface area contributed by atoms with E-state index in [1.807, 2.05) is 11.8 Å². The van der Waals surface area contributed by atoms with Crippen molar-refractivity contribution in [3.05, 3.63) is 17.6 Å². The van der Waals surface area contributed by atoms with E-state index in [0.29, 0.717) is 6.61 Å². The molecule has 5 nitrogen and oxygen atoms in total. The number of rotatable bonds is 6. The van der Waals surface area contributed by atoms with Crippen LogP contribution in [0.2, 0.25) is 0 Å². The Balaban J connectivity index is 2.25. The van der Waals surface area contributed by atoms with Crippen molar-refractivity contribution in [1.82, 2.24) is 9.97 Å². The number of fused-ring (bicyclic) bond motifs is 1. The van der Waals surface area contributed by atoms with Gasteiger partial charge in [0, 0.05) is 17.8 Å². The van der Waals surface area contributed by atoms with Gasteiger partial charge in [-0.2, -0.15) is 0 Å². The highest BCUT2D eigenvalue weighted by atomic mass is 16.5. The molecule has 0 spiro atoms. The number of aryl methyl sites for hydroxylation is 1. The fourth-order valence-corrected chi connectivity index (χ4v) is 2.85. The minimum absolute atomic E-state index is 0.188. The van der Waals surface area contributed by atoms with Crippen LogP contribution in [-0.2, 0) is 22.4 Å². The van der Waals surface area contributed by atoms with E-state index in [9.17, 15) is 4.79 Å². The molecule has 0 saturated heterocycles. The van der Waals surface area contributed by atoms with E-state index in [4.69, 9.17) is 4.74 Å². The molecule has 0 aliphatic heterocycles. The average Bonchev–Trinajstić information content (AvgIpc) is 2.72. The van der Waals surface area contributed by atoms with Crippen LogP contribution in [0.4, 0.5) is 5.82 Å². The first-order valence-electron chi connectivity index (χ1n) is 7.99. The summed E-state index contributed by atoms with van der Waals surface area (Å²) in [6.45, 7) is 5.44. The van der Waals surface area contributed by atoms with Gasteiger partial charge < -0.3 is 9.64 Å². The van der Waals surface area contributed by atoms with Crippen LogP contribution in [0.1, 0.15) is 50.8 Å². The first-order chi connectivity index (χ1) is 10.3. The number of carbonyl (C=O) groups excluding carboxylic acids is 1. The van der Waals surface area contributed by atoms with Gasteiger partial charge in [0.2, 0.25) is 0 Å². The zero-order chi connectivity index (χ0) is 15.1. The molecule has 0 amide bonds. The SMILES string of the molecule is CCCN(CC(=O)OCC)c1ncnc2c1CCCCC2. The topological polar surface area (TPSA) is 55.3 Å². The predicted octanol–water partition coefficient (Wildman–Crippen LogP) is 2.53. The summed E-state index contributed by atoms with van der Waals surface area (Å²) in [6, 6.07) is 0. The molecule has 1 aliphatic rings. The number of carbonyl (C=O) groups is 1. The van der Waals surface area contributed by atoms with Gasteiger partial charge >= 0.3 is 5.97 Å². The van der Waals surface area contributed by atoms with Gasteiger partial charge in [0.05, 0.1) is 6.61 Å². The third kappa shape index (κ3) is 4.16. The number of nitrogens with zero attached hydrogens (tertiary/aromatic N) is 3. The van der Waals surface area contributed by atoms with Gasteiger partial charge in [-0.1, -0.05) is 13.3 Å². The van der Waals surface area contributed by atoms with Crippen molar-refractivity contribution in [2.24, 2.45) is 0 Å². The summed E-state index contributed by atoms with van der Waals surface area (Å²) in [6.07, 6.45) is 8.23. The lowest BCUT2D eigenvalue weighted by Gasteiger charge is -2.25. The van der Waals surface area contributed by atoms with E-state index in [1.165, 1.54) is 24.8 Å². The Hall–Kier alpha value is -1.65. The molecule has 0 N–H and O–H groups in total. The van der Waals surface area contributed by atoms with E-state index in [-0.39, 0.29) is 12.5 Å². The molecular formula is C16H25N3O2. The van der Waals surface area contributed by atoms with Crippen molar-refractivity contribution in [3.63, 3.8) is 0 Å². The van der Waals surface area contributed by atoms with E-state index in [0.717, 1.165) is 37.3 Å². The summed E-state index contributed by atoms with van der Waals surface area (Å²) in [4.78, 5) is 22.8. The van der Waals surface area contributed by atoms with Crippen LogP contribution in [0.15, 0.2) is 6.33 Å². The minimum atomic E-state index is -0.188. The largest absolute Gasteiger partial charge is 0.465 e. The molecule has 0 bridgehead atoms. The Morgan fingerprint density at radius 2 is 2.05 bits per heavy atom. The predicted molar refractivity (Wildman–Crippen MR) is 82.4 cm³/mol. The fourth-order valence-electron chi connectivity index (χ4n) is 2.85. The van der Waals surface area contributed by atoms with Crippen molar-refractivity contribution in [2.45, 2.75) is 52.4 Å². The first-order valence-corrected chi connectivity index (χ1v) is 7.99. The maximum Gasteiger partial charge on any atom is 0.325 e. The smallest absolute Gasteiger partial charge is 0.325 e. The van der Waals surface area contributed by atoms with Gasteiger partial charge in [0.1, 0.15) is 18.7 Å². The second kappa shape index (κ2) is 7.96. The molecule has 5 heteroatoms. The number of aromatic nitrogens is 2. The minimum Gasteiger partial charge on any atom is -0.465 e. The van der Waals surface area contributed by atoms with E-state index in [2.05, 4.69) is 16.9 Å². The van der Waals surface area contributed by atoms with Gasteiger partial charge in [-0.3, -0.25) is 4.79 Å². The highest BCUT2D eigenvalue weighted by Gasteiger charge is 2.20. The van der Waals surface area contributed by atoms with Crippen LogP contribution in [0.25, 0.3) is 0 Å². The third-order valence-corrected chi connectivity index (χ3v) is 3.77. The Morgan fingerprint density at radius 3 is 2.81 bits per heavy atom. The van der Waals surface area contributed by atoms with Crippen LogP contribution in [0, 0.1) is 0 Å². The number of anilines is 1. The van der Waals surface area contributed by atoms with E-state index in [1.54, 1.807) is 6.33 Å². The molecule has 1 heterocycles. The molecule has 0 atom stereocenters. The summed E-state index contributed by atoms with van der Waals surface area (Å²) < 4.78 is 5.08. The normalized spacial score (nSPS) is 14.2.